The van der Waals surface area contributed by atoms with Gasteiger partial charge in [-0.05, 0) is 35.1 Å². The molecule has 0 bridgehead atoms. The second-order valence-electron chi connectivity index (χ2n) is 8.29. The van der Waals surface area contributed by atoms with Crippen molar-refractivity contribution in [2.24, 2.45) is 0 Å². The first-order valence-corrected chi connectivity index (χ1v) is 10.1. The molecule has 0 atom stereocenters. The van der Waals surface area contributed by atoms with Gasteiger partial charge in [0.1, 0.15) is 12.4 Å². The second-order valence-corrected chi connectivity index (χ2v) is 8.29. The maximum absolute atomic E-state index is 12.8. The number of aromatic hydroxyl groups is 1. The minimum atomic E-state index is -0.542. The van der Waals surface area contributed by atoms with Gasteiger partial charge in [0.15, 0.2) is 0 Å². The predicted octanol–water partition coefficient (Wildman–Crippen LogP) is 3.33. The second kappa shape index (κ2) is 9.03. The number of ether oxygens (including phenoxy) is 1. The number of nitrogens with zero attached hydrogens (tertiary/aromatic N) is 2. The first-order valence-electron chi connectivity index (χ1n) is 10.1. The largest absolute Gasteiger partial charge is 0.494 e. The molecule has 6 heteroatoms. The zero-order valence-electron chi connectivity index (χ0n) is 17.7. The fraction of sp³-hybridized carbons (Fsp3) is 0.333. The maximum atomic E-state index is 12.8. The lowest BCUT2D eigenvalue weighted by molar-refractivity contribution is 0.288. The zero-order chi connectivity index (χ0) is 21.7. The molecule has 0 amide bonds. The molecule has 1 N–H and O–H groups in total. The molecule has 0 fully saturated rings. The van der Waals surface area contributed by atoms with Crippen LogP contribution in [0.5, 0.6) is 11.6 Å². The Morgan fingerprint density at radius 2 is 1.57 bits per heavy atom. The first-order chi connectivity index (χ1) is 14.3. The third-order valence-electron chi connectivity index (χ3n) is 5.03. The number of aromatic nitrogens is 2. The van der Waals surface area contributed by atoms with Gasteiger partial charge in [-0.2, -0.15) is 0 Å². The van der Waals surface area contributed by atoms with Gasteiger partial charge in [0, 0.05) is 6.54 Å². The number of hydrogen-bond acceptors (Lipinski definition) is 4. The maximum Gasteiger partial charge on any atom is 0.333 e. The average molecular weight is 408 g/mol. The monoisotopic (exact) mass is 408 g/mol. The van der Waals surface area contributed by atoms with Crippen LogP contribution in [0.2, 0.25) is 0 Å². The quantitative estimate of drug-likeness (QED) is 0.651. The summed E-state index contributed by atoms with van der Waals surface area (Å²) >= 11 is 0. The Morgan fingerprint density at radius 3 is 2.20 bits per heavy atom. The van der Waals surface area contributed by atoms with Crippen molar-refractivity contribution >= 4 is 0 Å². The van der Waals surface area contributed by atoms with E-state index in [9.17, 15) is 14.7 Å². The van der Waals surface area contributed by atoms with Crippen LogP contribution in [0.3, 0.4) is 0 Å². The van der Waals surface area contributed by atoms with E-state index in [1.165, 1.54) is 10.1 Å². The lowest BCUT2D eigenvalue weighted by Gasteiger charge is -2.19. The van der Waals surface area contributed by atoms with Crippen molar-refractivity contribution in [3.63, 3.8) is 0 Å². The highest BCUT2D eigenvalue weighted by atomic mass is 16.5. The summed E-state index contributed by atoms with van der Waals surface area (Å²) in [7, 11) is 0. The van der Waals surface area contributed by atoms with Crippen LogP contribution < -0.4 is 16.0 Å². The van der Waals surface area contributed by atoms with Crippen LogP contribution >= 0.6 is 0 Å². The third-order valence-corrected chi connectivity index (χ3v) is 5.03. The van der Waals surface area contributed by atoms with Crippen molar-refractivity contribution < 1.29 is 9.84 Å². The van der Waals surface area contributed by atoms with E-state index >= 15 is 0 Å². The molecule has 0 radical (unpaired) electrons. The molecule has 2 aromatic carbocycles. The van der Waals surface area contributed by atoms with Gasteiger partial charge in [-0.3, -0.25) is 13.9 Å². The van der Waals surface area contributed by atoms with E-state index < -0.39 is 11.2 Å². The van der Waals surface area contributed by atoms with Crippen molar-refractivity contribution in [3.8, 4) is 11.6 Å². The van der Waals surface area contributed by atoms with Crippen LogP contribution in [-0.2, 0) is 24.9 Å². The van der Waals surface area contributed by atoms with Gasteiger partial charge in [-0.25, -0.2) is 4.79 Å². The molecule has 158 valence electrons. The zero-order valence-corrected chi connectivity index (χ0v) is 17.7. The third kappa shape index (κ3) is 5.20. The molecule has 0 aliphatic carbocycles. The van der Waals surface area contributed by atoms with Gasteiger partial charge < -0.3 is 9.84 Å². The molecule has 0 saturated heterocycles. The van der Waals surface area contributed by atoms with Gasteiger partial charge in [-0.15, -0.1) is 0 Å². The van der Waals surface area contributed by atoms with Gasteiger partial charge >= 0.3 is 5.69 Å². The molecule has 3 rings (SSSR count). The summed E-state index contributed by atoms with van der Waals surface area (Å²) in [6.07, 6.45) is 0.566. The molecule has 0 aliphatic rings. The van der Waals surface area contributed by atoms with E-state index in [1.54, 1.807) is 0 Å². The van der Waals surface area contributed by atoms with E-state index in [1.807, 2.05) is 42.5 Å². The van der Waals surface area contributed by atoms with Crippen molar-refractivity contribution in [1.29, 1.82) is 0 Å². The molecule has 0 spiro atoms. The molecule has 0 unspecified atom stereocenters. The van der Waals surface area contributed by atoms with Crippen molar-refractivity contribution in [2.75, 3.05) is 6.61 Å². The highest BCUT2D eigenvalue weighted by Crippen LogP contribution is 2.22. The van der Waals surface area contributed by atoms with Gasteiger partial charge in [0.05, 0.1) is 12.6 Å². The van der Waals surface area contributed by atoms with Gasteiger partial charge in [0.25, 0.3) is 5.56 Å². The standard InChI is InChI=1S/C24H28N2O4/c1-24(2,3)19-11-9-18(10-12-19)13-14-25-21(27)17-22(28)26(23(25)29)15-16-30-20-7-5-4-6-8-20/h4-12,17,27H,13-16H2,1-3H3. The van der Waals surface area contributed by atoms with E-state index in [2.05, 4.69) is 32.9 Å². The van der Waals surface area contributed by atoms with Crippen molar-refractivity contribution in [3.05, 3.63) is 92.6 Å². The summed E-state index contributed by atoms with van der Waals surface area (Å²) in [5, 5.41) is 10.1. The summed E-state index contributed by atoms with van der Waals surface area (Å²) in [4.78, 5) is 25.0. The Hall–Kier alpha value is -3.28. The lowest BCUT2D eigenvalue weighted by atomic mass is 9.86. The number of para-hydroxylation sites is 1. The van der Waals surface area contributed by atoms with E-state index in [4.69, 9.17) is 4.74 Å². The average Bonchev–Trinajstić information content (AvgIpc) is 2.70. The Kier molecular flexibility index (Phi) is 6.45. The van der Waals surface area contributed by atoms with Crippen LogP contribution in [0.4, 0.5) is 0 Å². The highest BCUT2D eigenvalue weighted by Gasteiger charge is 2.14. The smallest absolute Gasteiger partial charge is 0.333 e. The van der Waals surface area contributed by atoms with E-state index in [0.29, 0.717) is 12.2 Å². The molecule has 0 saturated carbocycles. The molecule has 3 aromatic rings. The predicted molar refractivity (Wildman–Crippen MR) is 117 cm³/mol. The van der Waals surface area contributed by atoms with Crippen LogP contribution in [-0.4, -0.2) is 20.8 Å². The van der Waals surface area contributed by atoms with E-state index in [0.717, 1.165) is 16.2 Å². The summed E-state index contributed by atoms with van der Waals surface area (Å²) in [5.41, 5.74) is 1.28. The minimum Gasteiger partial charge on any atom is -0.494 e. The number of benzene rings is 2. The fourth-order valence-corrected chi connectivity index (χ4v) is 3.20. The highest BCUT2D eigenvalue weighted by molar-refractivity contribution is 5.27. The summed E-state index contributed by atoms with van der Waals surface area (Å²) < 4.78 is 7.90. The molecule has 1 heterocycles. The molecule has 0 aliphatic heterocycles. The van der Waals surface area contributed by atoms with Gasteiger partial charge in [0.2, 0.25) is 5.88 Å². The summed E-state index contributed by atoms with van der Waals surface area (Å²) in [6.45, 7) is 7.03. The first kappa shape index (κ1) is 21.4. The number of aryl methyl sites for hydroxylation is 1. The number of hydrogen-bond donors (Lipinski definition) is 1. The molecule has 6 nitrogen and oxygen atoms in total. The molecular formula is C24H28N2O4. The Morgan fingerprint density at radius 1 is 0.900 bits per heavy atom. The van der Waals surface area contributed by atoms with Crippen molar-refractivity contribution in [2.45, 2.75) is 45.7 Å². The lowest BCUT2D eigenvalue weighted by Crippen LogP contribution is -2.40. The van der Waals surface area contributed by atoms with Crippen LogP contribution in [0.15, 0.2) is 70.3 Å². The SMILES string of the molecule is CC(C)(C)c1ccc(CCn2c(O)cc(=O)n(CCOc3ccccc3)c2=O)cc1. The Balaban J connectivity index is 1.71. The van der Waals surface area contributed by atoms with Gasteiger partial charge in [-0.1, -0.05) is 63.2 Å². The summed E-state index contributed by atoms with van der Waals surface area (Å²) in [6, 6.07) is 18.5. The molecule has 30 heavy (non-hydrogen) atoms. The van der Waals surface area contributed by atoms with Crippen LogP contribution in [0.25, 0.3) is 0 Å². The Bertz CT molecular complexity index is 1090. The van der Waals surface area contributed by atoms with Crippen LogP contribution in [0, 0.1) is 0 Å². The van der Waals surface area contributed by atoms with Crippen LogP contribution in [0.1, 0.15) is 31.9 Å². The normalized spacial score (nSPS) is 11.4. The topological polar surface area (TPSA) is 73.5 Å². The summed E-state index contributed by atoms with van der Waals surface area (Å²) in [5.74, 6) is 0.347. The molecular weight excluding hydrogens is 380 g/mol. The van der Waals surface area contributed by atoms with E-state index in [-0.39, 0.29) is 31.0 Å². The Labute approximate surface area is 176 Å². The molecule has 1 aromatic heterocycles. The number of rotatable bonds is 7. The fourth-order valence-electron chi connectivity index (χ4n) is 3.20. The minimum absolute atomic E-state index is 0.0745. The van der Waals surface area contributed by atoms with Crippen molar-refractivity contribution in [1.82, 2.24) is 9.13 Å².